The van der Waals surface area contributed by atoms with Crippen LogP contribution in [-0.4, -0.2) is 27.6 Å². The minimum absolute atomic E-state index is 0.0226. The summed E-state index contributed by atoms with van der Waals surface area (Å²) >= 11 is -1.33. The highest BCUT2D eigenvalue weighted by molar-refractivity contribution is 7.91. The molecule has 0 heterocycles. The molecule has 0 aromatic rings. The molecule has 0 aromatic heterocycles. The Balaban J connectivity index is 4.83. The zero-order valence-corrected chi connectivity index (χ0v) is 10.6. The second-order valence-corrected chi connectivity index (χ2v) is 6.06. The second-order valence-electron chi connectivity index (χ2n) is 4.16. The van der Waals surface area contributed by atoms with Gasteiger partial charge in [-0.1, -0.05) is 17.7 Å². The maximum Gasteiger partial charge on any atom is 0.170 e. The number of hydrogen-bond acceptors (Lipinski definition) is 3. The van der Waals surface area contributed by atoms with Crippen molar-refractivity contribution >= 4 is 29.6 Å². The van der Waals surface area contributed by atoms with Crippen molar-refractivity contribution < 1.29 is 4.55 Å². The molecule has 0 aliphatic rings. The number of nitrogens with one attached hydrogen (secondary N) is 1. The van der Waals surface area contributed by atoms with Gasteiger partial charge in [0.1, 0.15) is 21.8 Å². The van der Waals surface area contributed by atoms with Crippen LogP contribution in [0, 0.1) is 5.41 Å². The van der Waals surface area contributed by atoms with Crippen molar-refractivity contribution in [2.24, 2.45) is 9.39 Å². The minimum atomic E-state index is -1.33. The fraction of sp³-hybridized carbons (Fsp3) is 0.700. The van der Waals surface area contributed by atoms with Gasteiger partial charge < -0.3 is 4.55 Å². The molecule has 5 heteroatoms. The van der Waals surface area contributed by atoms with E-state index in [9.17, 15) is 4.55 Å². The van der Waals surface area contributed by atoms with E-state index in [4.69, 9.17) is 5.41 Å². The third kappa shape index (κ3) is 5.09. The van der Waals surface area contributed by atoms with Gasteiger partial charge in [-0.05, 0) is 33.9 Å². The summed E-state index contributed by atoms with van der Waals surface area (Å²) in [6.45, 7) is 10.8. The lowest BCUT2D eigenvalue weighted by molar-refractivity contribution is 0.561. The average molecular weight is 229 g/mol. The normalized spacial score (nSPS) is 14.9. The summed E-state index contributed by atoms with van der Waals surface area (Å²) in [5.74, 6) is 0.0226. The van der Waals surface area contributed by atoms with E-state index in [0.29, 0.717) is 12.1 Å². The summed E-state index contributed by atoms with van der Waals surface area (Å²) in [4.78, 5) is 3.51. The summed E-state index contributed by atoms with van der Waals surface area (Å²) in [6.07, 6.45) is 1.46. The molecule has 0 fully saturated rings. The van der Waals surface area contributed by atoms with Crippen LogP contribution in [0.15, 0.2) is 9.39 Å². The SMILES string of the molecule is C=NC(=N)C(CCC)=N[S+]([O-])C(C)(C)C. The van der Waals surface area contributed by atoms with E-state index < -0.39 is 16.1 Å². The first-order chi connectivity index (χ1) is 6.82. The van der Waals surface area contributed by atoms with Gasteiger partial charge in [-0.15, -0.1) is 0 Å². The molecular formula is C10H19N3OS. The molecule has 0 aliphatic carbocycles. The van der Waals surface area contributed by atoms with Crippen LogP contribution in [0.2, 0.25) is 0 Å². The van der Waals surface area contributed by atoms with Gasteiger partial charge in [0.15, 0.2) is 5.84 Å². The first-order valence-electron chi connectivity index (χ1n) is 4.88. The van der Waals surface area contributed by atoms with E-state index in [-0.39, 0.29) is 5.84 Å². The number of hydrogen-bond donors (Lipinski definition) is 1. The monoisotopic (exact) mass is 229 g/mol. The van der Waals surface area contributed by atoms with Gasteiger partial charge >= 0.3 is 0 Å². The Bertz CT molecular complexity index is 268. The third-order valence-corrected chi connectivity index (χ3v) is 3.07. The summed E-state index contributed by atoms with van der Waals surface area (Å²) in [6, 6.07) is 0. The lowest BCUT2D eigenvalue weighted by Gasteiger charge is -2.19. The molecule has 0 rings (SSSR count). The fourth-order valence-corrected chi connectivity index (χ4v) is 1.42. The van der Waals surface area contributed by atoms with Crippen LogP contribution in [0.5, 0.6) is 0 Å². The van der Waals surface area contributed by atoms with Crippen LogP contribution in [0.1, 0.15) is 40.5 Å². The van der Waals surface area contributed by atoms with Crippen molar-refractivity contribution in [2.75, 3.05) is 0 Å². The first-order valence-corrected chi connectivity index (χ1v) is 5.98. The second kappa shape index (κ2) is 6.02. The molecule has 1 atom stereocenters. The zero-order valence-electron chi connectivity index (χ0n) is 9.83. The Morgan fingerprint density at radius 2 is 2.00 bits per heavy atom. The Kier molecular flexibility index (Phi) is 5.75. The smallest absolute Gasteiger partial charge is 0.170 e. The van der Waals surface area contributed by atoms with Gasteiger partial charge in [-0.2, -0.15) is 0 Å². The molecule has 0 saturated carbocycles. The quantitative estimate of drug-likeness (QED) is 0.448. The van der Waals surface area contributed by atoms with Gasteiger partial charge in [0.05, 0.1) is 0 Å². The van der Waals surface area contributed by atoms with E-state index >= 15 is 0 Å². The Labute approximate surface area is 94.7 Å². The van der Waals surface area contributed by atoms with Crippen LogP contribution in [0.4, 0.5) is 0 Å². The zero-order chi connectivity index (χ0) is 12.1. The molecule has 0 amide bonds. The van der Waals surface area contributed by atoms with Crippen molar-refractivity contribution in [1.82, 2.24) is 0 Å². The minimum Gasteiger partial charge on any atom is -0.591 e. The fourth-order valence-electron chi connectivity index (χ4n) is 0.772. The van der Waals surface area contributed by atoms with Gasteiger partial charge in [-0.25, -0.2) is 4.99 Å². The molecule has 0 aromatic carbocycles. The molecular weight excluding hydrogens is 210 g/mol. The van der Waals surface area contributed by atoms with Crippen molar-refractivity contribution in [3.8, 4) is 0 Å². The van der Waals surface area contributed by atoms with E-state index in [0.717, 1.165) is 6.42 Å². The maximum atomic E-state index is 11.7. The van der Waals surface area contributed by atoms with E-state index in [1.54, 1.807) is 0 Å². The van der Waals surface area contributed by atoms with Gasteiger partial charge in [-0.3, -0.25) is 5.41 Å². The maximum absolute atomic E-state index is 11.7. The van der Waals surface area contributed by atoms with Crippen LogP contribution in [-0.2, 0) is 11.4 Å². The Morgan fingerprint density at radius 1 is 1.47 bits per heavy atom. The molecule has 0 spiro atoms. The summed E-state index contributed by atoms with van der Waals surface area (Å²) in [5, 5.41) is 7.50. The predicted molar refractivity (Wildman–Crippen MR) is 67.5 cm³/mol. The summed E-state index contributed by atoms with van der Waals surface area (Å²) < 4.78 is 15.4. The summed E-state index contributed by atoms with van der Waals surface area (Å²) in [5.41, 5.74) is 0.473. The van der Waals surface area contributed by atoms with Gasteiger partial charge in [0.2, 0.25) is 0 Å². The molecule has 0 bridgehead atoms. The molecule has 4 nitrogen and oxygen atoms in total. The van der Waals surface area contributed by atoms with Crippen molar-refractivity contribution in [3.05, 3.63) is 0 Å². The number of nitrogens with zero attached hydrogens (tertiary/aromatic N) is 2. The van der Waals surface area contributed by atoms with Crippen molar-refractivity contribution in [2.45, 2.75) is 45.3 Å². The standard InChI is InChI=1S/C10H19N3OS/c1-6-7-8(9(11)12-5)13-15(14)10(2,3)4/h11H,5-7H2,1-4H3. The Morgan fingerprint density at radius 3 is 2.33 bits per heavy atom. The predicted octanol–water partition coefficient (Wildman–Crippen LogP) is 2.37. The van der Waals surface area contributed by atoms with Gasteiger partial charge in [0, 0.05) is 0 Å². The van der Waals surface area contributed by atoms with Gasteiger partial charge in [0.25, 0.3) is 0 Å². The lowest BCUT2D eigenvalue weighted by Crippen LogP contribution is -2.28. The largest absolute Gasteiger partial charge is 0.591 e. The lowest BCUT2D eigenvalue weighted by atomic mass is 10.2. The third-order valence-electron chi connectivity index (χ3n) is 1.64. The number of rotatable bonds is 4. The molecule has 0 aliphatic heterocycles. The molecule has 1 N–H and O–H groups in total. The average Bonchev–Trinajstić information content (AvgIpc) is 2.14. The molecule has 1 unspecified atom stereocenters. The summed E-state index contributed by atoms with van der Waals surface area (Å²) in [7, 11) is 0. The van der Waals surface area contributed by atoms with Crippen LogP contribution in [0.25, 0.3) is 0 Å². The van der Waals surface area contributed by atoms with Crippen LogP contribution in [0.3, 0.4) is 0 Å². The topological polar surface area (TPSA) is 71.6 Å². The molecule has 86 valence electrons. The van der Waals surface area contributed by atoms with E-state index in [1.807, 2.05) is 27.7 Å². The molecule has 0 saturated heterocycles. The highest BCUT2D eigenvalue weighted by atomic mass is 32.2. The first kappa shape index (κ1) is 14.3. The van der Waals surface area contributed by atoms with E-state index in [1.165, 1.54) is 0 Å². The van der Waals surface area contributed by atoms with Crippen molar-refractivity contribution in [3.63, 3.8) is 0 Å². The number of amidine groups is 1. The van der Waals surface area contributed by atoms with Crippen molar-refractivity contribution in [1.29, 1.82) is 5.41 Å². The molecule has 15 heavy (non-hydrogen) atoms. The number of aliphatic imine (C=N–C) groups is 1. The highest BCUT2D eigenvalue weighted by Gasteiger charge is 2.27. The van der Waals surface area contributed by atoms with Crippen LogP contribution >= 0.6 is 0 Å². The molecule has 0 radical (unpaired) electrons. The van der Waals surface area contributed by atoms with E-state index in [2.05, 4.69) is 16.1 Å². The highest BCUT2D eigenvalue weighted by Crippen LogP contribution is 2.18. The van der Waals surface area contributed by atoms with Crippen LogP contribution < -0.4 is 0 Å². The Hall–Kier alpha value is -0.680.